The van der Waals surface area contributed by atoms with Crippen LogP contribution in [0.25, 0.3) is 10.2 Å². The van der Waals surface area contributed by atoms with E-state index in [9.17, 15) is 13.8 Å². The molecule has 26 heavy (non-hydrogen) atoms. The van der Waals surface area contributed by atoms with Gasteiger partial charge in [-0.05, 0) is 37.3 Å². The lowest BCUT2D eigenvalue weighted by Gasteiger charge is -2.33. The van der Waals surface area contributed by atoms with E-state index in [0.29, 0.717) is 16.4 Å². The molecule has 2 unspecified atom stereocenters. The Bertz CT molecular complexity index is 950. The van der Waals surface area contributed by atoms with E-state index in [1.54, 1.807) is 26.0 Å². The summed E-state index contributed by atoms with van der Waals surface area (Å²) in [5.41, 5.74) is -0.0171. The summed E-state index contributed by atoms with van der Waals surface area (Å²) in [4.78, 5) is 15.6. The van der Waals surface area contributed by atoms with Crippen LogP contribution in [0.3, 0.4) is 0 Å². The number of hydrogen-bond donors (Lipinski definition) is 1. The fourth-order valence-electron chi connectivity index (χ4n) is 2.56. The van der Waals surface area contributed by atoms with Gasteiger partial charge >= 0.3 is 8.25 Å². The van der Waals surface area contributed by atoms with E-state index in [0.717, 1.165) is 10.2 Å². The summed E-state index contributed by atoms with van der Waals surface area (Å²) in [6, 6.07) is 11.1. The highest BCUT2D eigenvalue weighted by Crippen LogP contribution is 2.42. The Labute approximate surface area is 154 Å². The van der Waals surface area contributed by atoms with E-state index in [2.05, 4.69) is 4.98 Å². The van der Waals surface area contributed by atoms with Crippen LogP contribution < -0.4 is 9.64 Å². The van der Waals surface area contributed by atoms with E-state index in [1.807, 2.05) is 18.2 Å². The maximum atomic E-state index is 13.3. The number of fused-ring (bicyclic) bond motifs is 1. The van der Waals surface area contributed by atoms with Gasteiger partial charge in [0.2, 0.25) is 5.72 Å². The molecule has 0 radical (unpaired) electrons. The van der Waals surface area contributed by atoms with Crippen molar-refractivity contribution in [1.29, 1.82) is 0 Å². The number of methoxy groups -OCH3 is 1. The van der Waals surface area contributed by atoms with Crippen LogP contribution in [0.15, 0.2) is 42.5 Å². The second kappa shape index (κ2) is 7.25. The Hall–Kier alpha value is -2.12. The summed E-state index contributed by atoms with van der Waals surface area (Å²) in [6.45, 7) is 1.64. The second-order valence-corrected chi connectivity index (χ2v) is 7.38. The largest absolute Gasteiger partial charge is 0.697 e. The quantitative estimate of drug-likeness (QED) is 0.492. The highest BCUT2D eigenvalue weighted by atomic mass is 32.1. The molecule has 0 fully saturated rings. The van der Waals surface area contributed by atoms with Crippen molar-refractivity contribution >= 4 is 34.9 Å². The van der Waals surface area contributed by atoms with E-state index in [-0.39, 0.29) is 0 Å². The molecule has 3 aromatic rings. The molecule has 1 heterocycles. The molecule has 0 bridgehead atoms. The van der Waals surface area contributed by atoms with Crippen molar-refractivity contribution < 1.29 is 23.1 Å². The molecule has 6 nitrogen and oxygen atoms in total. The lowest BCUT2D eigenvalue weighted by atomic mass is 10.0. The van der Waals surface area contributed by atoms with Crippen molar-refractivity contribution in [3.63, 3.8) is 0 Å². The molecule has 0 saturated carbocycles. The third kappa shape index (κ3) is 3.54. The number of hydrogen-bond acceptors (Lipinski definition) is 6. The summed E-state index contributed by atoms with van der Waals surface area (Å²) in [6.07, 6.45) is 0. The van der Waals surface area contributed by atoms with Gasteiger partial charge in [0.05, 0.1) is 17.3 Å². The number of ether oxygens (including phenoxy) is 1. The second-order valence-electron chi connectivity index (χ2n) is 5.71. The normalized spacial score (nSPS) is 14.1. The topological polar surface area (TPSA) is 71.9 Å². The van der Waals surface area contributed by atoms with Gasteiger partial charge in [0.25, 0.3) is 0 Å². The van der Waals surface area contributed by atoms with Crippen LogP contribution in [0.4, 0.5) is 9.52 Å². The maximum absolute atomic E-state index is 13.3. The predicted octanol–water partition coefficient (Wildman–Crippen LogP) is 4.42. The number of benzene rings is 2. The van der Waals surface area contributed by atoms with Crippen LogP contribution in [0.2, 0.25) is 0 Å². The summed E-state index contributed by atoms with van der Waals surface area (Å²) in [7, 11) is 0.393. The smallest absolute Gasteiger partial charge is 0.497 e. The zero-order valence-electron chi connectivity index (χ0n) is 14.3. The fourth-order valence-corrected chi connectivity index (χ4v) is 4.14. The number of nitrogens with zero attached hydrogens (tertiary/aromatic N) is 2. The minimum atomic E-state index is -2.90. The maximum Gasteiger partial charge on any atom is 0.697 e. The average Bonchev–Trinajstić information content (AvgIpc) is 3.03. The van der Waals surface area contributed by atoms with Gasteiger partial charge in [0, 0.05) is 17.2 Å². The van der Waals surface area contributed by atoms with Gasteiger partial charge in [-0.1, -0.05) is 28.0 Å². The molecular formula is C17H17FN2O4PS+. The molecular weight excluding hydrogens is 378 g/mol. The number of rotatable bonds is 6. The van der Waals surface area contributed by atoms with E-state index in [4.69, 9.17) is 9.26 Å². The first kappa shape index (κ1) is 18.7. The summed E-state index contributed by atoms with van der Waals surface area (Å²) < 4.78 is 36.2. The lowest BCUT2D eigenvalue weighted by Crippen LogP contribution is -2.42. The van der Waals surface area contributed by atoms with Crippen LogP contribution in [0.5, 0.6) is 5.75 Å². The Kier molecular flexibility index (Phi) is 5.20. The Morgan fingerprint density at radius 3 is 2.58 bits per heavy atom. The molecule has 2 aromatic carbocycles. The van der Waals surface area contributed by atoms with Gasteiger partial charge in [-0.3, -0.25) is 0 Å². The molecule has 2 atom stereocenters. The SMILES string of the molecule is COc1ccc2nc(N(C)C(C)(O[P+](=O)O)c3ccc(F)cc3)sc2c1. The number of aromatic nitrogens is 1. The molecule has 0 aliphatic carbocycles. The predicted molar refractivity (Wildman–Crippen MR) is 99.2 cm³/mol. The Morgan fingerprint density at radius 1 is 1.27 bits per heavy atom. The Morgan fingerprint density at radius 2 is 1.96 bits per heavy atom. The average molecular weight is 395 g/mol. The Balaban J connectivity index is 2.05. The zero-order chi connectivity index (χ0) is 18.9. The highest BCUT2D eigenvalue weighted by Gasteiger charge is 2.43. The molecule has 0 aliphatic heterocycles. The zero-order valence-corrected chi connectivity index (χ0v) is 16.1. The minimum Gasteiger partial charge on any atom is -0.497 e. The van der Waals surface area contributed by atoms with Gasteiger partial charge in [-0.15, -0.1) is 4.89 Å². The molecule has 0 spiro atoms. The van der Waals surface area contributed by atoms with Crippen LogP contribution in [-0.2, 0) is 14.8 Å². The summed E-state index contributed by atoms with van der Waals surface area (Å²) in [5.74, 6) is 0.311. The number of halogens is 1. The third-order valence-corrected chi connectivity index (χ3v) is 5.75. The van der Waals surface area contributed by atoms with Gasteiger partial charge in [0.1, 0.15) is 11.6 Å². The third-order valence-electron chi connectivity index (χ3n) is 4.15. The van der Waals surface area contributed by atoms with E-state index >= 15 is 0 Å². The molecule has 136 valence electrons. The first-order valence-corrected chi connectivity index (χ1v) is 9.58. The van der Waals surface area contributed by atoms with Crippen molar-refractivity contribution in [2.45, 2.75) is 12.6 Å². The molecule has 0 saturated heterocycles. The molecule has 1 N–H and O–H groups in total. The van der Waals surface area contributed by atoms with Crippen LogP contribution in [0, 0.1) is 5.82 Å². The minimum absolute atomic E-state index is 0.403. The summed E-state index contributed by atoms with van der Waals surface area (Å²) >= 11 is 1.39. The first-order valence-electron chi connectivity index (χ1n) is 7.63. The summed E-state index contributed by atoms with van der Waals surface area (Å²) in [5, 5.41) is 0.580. The van der Waals surface area contributed by atoms with E-state index in [1.165, 1.54) is 35.6 Å². The van der Waals surface area contributed by atoms with Crippen molar-refractivity contribution in [2.75, 3.05) is 19.1 Å². The number of thiazole rings is 1. The molecule has 3 rings (SSSR count). The monoisotopic (exact) mass is 395 g/mol. The molecule has 9 heteroatoms. The van der Waals surface area contributed by atoms with Gasteiger partial charge in [-0.2, -0.15) is 0 Å². The molecule has 0 aliphatic rings. The van der Waals surface area contributed by atoms with Crippen LogP contribution >= 0.6 is 19.6 Å². The standard InChI is InChI=1S/C17H16FN2O4PS/c1-17(24-25(21)22,11-4-6-12(18)7-5-11)20(2)16-19-14-9-8-13(23-3)10-15(14)26-16/h4-10H,1-3H3/p+1. The fraction of sp³-hybridized carbons (Fsp3) is 0.235. The van der Waals surface area contributed by atoms with Gasteiger partial charge < -0.3 is 9.64 Å². The van der Waals surface area contributed by atoms with Gasteiger partial charge in [-0.25, -0.2) is 9.37 Å². The highest BCUT2D eigenvalue weighted by molar-refractivity contribution is 7.32. The van der Waals surface area contributed by atoms with Crippen molar-refractivity contribution in [3.8, 4) is 5.75 Å². The van der Waals surface area contributed by atoms with Crippen LogP contribution in [0.1, 0.15) is 12.5 Å². The van der Waals surface area contributed by atoms with Crippen molar-refractivity contribution in [1.82, 2.24) is 4.98 Å². The van der Waals surface area contributed by atoms with Crippen LogP contribution in [-0.4, -0.2) is 24.0 Å². The lowest BCUT2D eigenvalue weighted by molar-refractivity contribution is 0.0827. The van der Waals surface area contributed by atoms with E-state index < -0.39 is 19.8 Å². The van der Waals surface area contributed by atoms with Gasteiger partial charge in [0.15, 0.2) is 5.13 Å². The number of anilines is 1. The molecule has 1 aromatic heterocycles. The first-order chi connectivity index (χ1) is 12.3. The van der Waals surface area contributed by atoms with Crippen molar-refractivity contribution in [3.05, 3.63) is 53.8 Å². The molecule has 0 amide bonds. The van der Waals surface area contributed by atoms with Crippen molar-refractivity contribution in [2.24, 2.45) is 0 Å².